The Morgan fingerprint density at radius 1 is 0.906 bits per heavy atom. The maximum absolute atomic E-state index is 12.8. The van der Waals surface area contributed by atoms with E-state index >= 15 is 0 Å². The summed E-state index contributed by atoms with van der Waals surface area (Å²) >= 11 is 0. The molecule has 0 radical (unpaired) electrons. The molecule has 162 valence electrons. The second kappa shape index (κ2) is 9.34. The van der Waals surface area contributed by atoms with Crippen molar-refractivity contribution in [2.24, 2.45) is 0 Å². The molecule has 6 heteroatoms. The highest BCUT2D eigenvalue weighted by atomic mass is 16.5. The average molecular weight is 427 g/mol. The summed E-state index contributed by atoms with van der Waals surface area (Å²) in [4.78, 5) is 19.6. The van der Waals surface area contributed by atoms with Gasteiger partial charge in [-0.15, -0.1) is 0 Å². The SMILES string of the molecule is O=C(NCc1ccccc1CN1CCOCC1)c1ccc(-n2cnc3ccccc32)cc1. The number of nitrogens with zero attached hydrogens (tertiary/aromatic N) is 3. The zero-order valence-corrected chi connectivity index (χ0v) is 17.9. The van der Waals surface area contributed by atoms with E-state index in [0.29, 0.717) is 12.1 Å². The number of hydrogen-bond donors (Lipinski definition) is 1. The predicted molar refractivity (Wildman–Crippen MR) is 125 cm³/mol. The minimum Gasteiger partial charge on any atom is -0.379 e. The summed E-state index contributed by atoms with van der Waals surface area (Å²) in [6.07, 6.45) is 1.81. The van der Waals surface area contributed by atoms with Crippen molar-refractivity contribution in [3.8, 4) is 5.69 Å². The molecule has 1 amide bonds. The van der Waals surface area contributed by atoms with Crippen LogP contribution in [0.1, 0.15) is 21.5 Å². The summed E-state index contributed by atoms with van der Waals surface area (Å²) in [6.45, 7) is 4.84. The highest BCUT2D eigenvalue weighted by Crippen LogP contribution is 2.18. The lowest BCUT2D eigenvalue weighted by atomic mass is 10.1. The van der Waals surface area contributed by atoms with Crippen LogP contribution in [0.4, 0.5) is 0 Å². The van der Waals surface area contributed by atoms with Crippen molar-refractivity contribution in [1.29, 1.82) is 0 Å². The number of benzene rings is 3. The van der Waals surface area contributed by atoms with Crippen molar-refractivity contribution in [3.63, 3.8) is 0 Å². The minimum absolute atomic E-state index is 0.0757. The third-order valence-corrected chi connectivity index (χ3v) is 5.92. The zero-order valence-electron chi connectivity index (χ0n) is 17.9. The molecule has 0 atom stereocenters. The van der Waals surface area contributed by atoms with Crippen molar-refractivity contribution in [1.82, 2.24) is 19.8 Å². The quantitative estimate of drug-likeness (QED) is 0.510. The summed E-state index contributed by atoms with van der Waals surface area (Å²) in [7, 11) is 0. The van der Waals surface area contributed by atoms with E-state index in [2.05, 4.69) is 33.4 Å². The molecule has 0 spiro atoms. The van der Waals surface area contributed by atoms with Gasteiger partial charge < -0.3 is 10.1 Å². The molecule has 6 nitrogen and oxygen atoms in total. The van der Waals surface area contributed by atoms with Crippen LogP contribution in [0.25, 0.3) is 16.7 Å². The topological polar surface area (TPSA) is 59.4 Å². The molecule has 32 heavy (non-hydrogen) atoms. The molecular weight excluding hydrogens is 400 g/mol. The molecule has 0 bridgehead atoms. The van der Waals surface area contributed by atoms with Crippen molar-refractivity contribution < 1.29 is 9.53 Å². The van der Waals surface area contributed by atoms with E-state index in [1.807, 2.05) is 65.5 Å². The maximum atomic E-state index is 12.8. The first-order valence-electron chi connectivity index (χ1n) is 11.0. The molecule has 1 N–H and O–H groups in total. The lowest BCUT2D eigenvalue weighted by Crippen LogP contribution is -2.36. The number of rotatable bonds is 6. The van der Waals surface area contributed by atoms with Crippen molar-refractivity contribution in [3.05, 3.63) is 95.8 Å². The predicted octanol–water partition coefficient (Wildman–Crippen LogP) is 3.79. The smallest absolute Gasteiger partial charge is 0.251 e. The first-order valence-corrected chi connectivity index (χ1v) is 11.0. The van der Waals surface area contributed by atoms with Gasteiger partial charge in [-0.25, -0.2) is 4.98 Å². The number of aromatic nitrogens is 2. The number of morpholine rings is 1. The highest BCUT2D eigenvalue weighted by molar-refractivity contribution is 5.94. The van der Waals surface area contributed by atoms with Gasteiger partial charge in [-0.1, -0.05) is 36.4 Å². The molecule has 4 aromatic rings. The fourth-order valence-corrected chi connectivity index (χ4v) is 4.10. The van der Waals surface area contributed by atoms with Gasteiger partial charge in [-0.2, -0.15) is 0 Å². The number of fused-ring (bicyclic) bond motifs is 1. The molecule has 3 aromatic carbocycles. The van der Waals surface area contributed by atoms with Gasteiger partial charge in [0.2, 0.25) is 0 Å². The molecule has 1 aromatic heterocycles. The molecule has 1 saturated heterocycles. The molecule has 0 unspecified atom stereocenters. The Morgan fingerprint density at radius 3 is 2.44 bits per heavy atom. The van der Waals surface area contributed by atoms with E-state index in [4.69, 9.17) is 4.74 Å². The maximum Gasteiger partial charge on any atom is 0.251 e. The number of para-hydroxylation sites is 2. The molecule has 0 saturated carbocycles. The molecule has 1 fully saturated rings. The highest BCUT2D eigenvalue weighted by Gasteiger charge is 2.13. The van der Waals surface area contributed by atoms with E-state index < -0.39 is 0 Å². The molecule has 0 aliphatic carbocycles. The summed E-state index contributed by atoms with van der Waals surface area (Å²) in [5.41, 5.74) is 6.01. The van der Waals surface area contributed by atoms with Gasteiger partial charge >= 0.3 is 0 Å². The van der Waals surface area contributed by atoms with Crippen LogP contribution in [0, 0.1) is 0 Å². The molecule has 2 heterocycles. The van der Waals surface area contributed by atoms with Gasteiger partial charge in [0.1, 0.15) is 6.33 Å². The van der Waals surface area contributed by atoms with Crippen LogP contribution in [-0.2, 0) is 17.8 Å². The molecular formula is C26H26N4O2. The number of hydrogen-bond acceptors (Lipinski definition) is 4. The van der Waals surface area contributed by atoms with E-state index in [-0.39, 0.29) is 5.91 Å². The van der Waals surface area contributed by atoms with Gasteiger partial charge in [0, 0.05) is 37.4 Å². The summed E-state index contributed by atoms with van der Waals surface area (Å²) < 4.78 is 7.47. The van der Waals surface area contributed by atoms with Crippen LogP contribution in [-0.4, -0.2) is 46.7 Å². The first-order chi connectivity index (χ1) is 15.8. The van der Waals surface area contributed by atoms with E-state index in [1.165, 1.54) is 5.56 Å². The third-order valence-electron chi connectivity index (χ3n) is 5.92. The third kappa shape index (κ3) is 4.42. The van der Waals surface area contributed by atoms with E-state index in [1.54, 1.807) is 0 Å². The number of imidazole rings is 1. The van der Waals surface area contributed by atoms with Gasteiger partial charge in [-0.05, 0) is 47.5 Å². The Kier molecular flexibility index (Phi) is 5.96. The normalized spacial score (nSPS) is 14.5. The number of ether oxygens (including phenoxy) is 1. The largest absolute Gasteiger partial charge is 0.379 e. The Balaban J connectivity index is 1.25. The van der Waals surface area contributed by atoms with Crippen LogP contribution >= 0.6 is 0 Å². The Bertz CT molecular complexity index is 1210. The summed E-state index contributed by atoms with van der Waals surface area (Å²) in [5, 5.41) is 3.08. The lowest BCUT2D eigenvalue weighted by Gasteiger charge is -2.27. The fourth-order valence-electron chi connectivity index (χ4n) is 4.10. The molecule has 5 rings (SSSR count). The van der Waals surface area contributed by atoms with Crippen LogP contribution in [0.3, 0.4) is 0 Å². The van der Waals surface area contributed by atoms with Crippen molar-refractivity contribution in [2.45, 2.75) is 13.1 Å². The molecule has 1 aliphatic rings. The second-order valence-corrected chi connectivity index (χ2v) is 7.99. The Hall–Kier alpha value is -3.48. The van der Waals surface area contributed by atoms with Gasteiger partial charge in [0.05, 0.1) is 24.2 Å². The van der Waals surface area contributed by atoms with Crippen LogP contribution in [0.15, 0.2) is 79.1 Å². The van der Waals surface area contributed by atoms with Crippen LogP contribution < -0.4 is 5.32 Å². The lowest BCUT2D eigenvalue weighted by molar-refractivity contribution is 0.0340. The number of nitrogens with one attached hydrogen (secondary N) is 1. The van der Waals surface area contributed by atoms with Crippen LogP contribution in [0.5, 0.6) is 0 Å². The summed E-state index contributed by atoms with van der Waals surface area (Å²) in [5.74, 6) is -0.0757. The number of carbonyl (C=O) groups is 1. The Labute approximate surface area is 187 Å². The van der Waals surface area contributed by atoms with Crippen molar-refractivity contribution in [2.75, 3.05) is 26.3 Å². The van der Waals surface area contributed by atoms with Crippen LogP contribution in [0.2, 0.25) is 0 Å². The van der Waals surface area contributed by atoms with Crippen molar-refractivity contribution >= 4 is 16.9 Å². The zero-order chi connectivity index (χ0) is 21.8. The average Bonchev–Trinajstić information content (AvgIpc) is 3.28. The fraction of sp³-hybridized carbons (Fsp3) is 0.231. The molecule has 1 aliphatic heterocycles. The standard InChI is InChI=1S/C26H26N4O2/c31-26(27-17-21-5-1-2-6-22(21)18-29-13-15-32-16-14-29)20-9-11-23(12-10-20)30-19-28-24-7-3-4-8-25(24)30/h1-12,19H,13-18H2,(H,27,31). The van der Waals surface area contributed by atoms with Gasteiger partial charge in [-0.3, -0.25) is 14.3 Å². The number of carbonyl (C=O) groups excluding carboxylic acids is 1. The minimum atomic E-state index is -0.0757. The first kappa shape index (κ1) is 20.4. The second-order valence-electron chi connectivity index (χ2n) is 7.99. The monoisotopic (exact) mass is 426 g/mol. The van der Waals surface area contributed by atoms with Gasteiger partial charge in [0.25, 0.3) is 5.91 Å². The number of amides is 1. The van der Waals surface area contributed by atoms with E-state index in [9.17, 15) is 4.79 Å². The van der Waals surface area contributed by atoms with Gasteiger partial charge in [0.15, 0.2) is 0 Å². The van der Waals surface area contributed by atoms with E-state index in [0.717, 1.165) is 55.1 Å². The summed E-state index contributed by atoms with van der Waals surface area (Å²) in [6, 6.07) is 23.9. The Morgan fingerprint density at radius 2 is 1.62 bits per heavy atom.